The highest BCUT2D eigenvalue weighted by Crippen LogP contribution is 2.28. The van der Waals surface area contributed by atoms with E-state index in [0.717, 1.165) is 5.56 Å². The summed E-state index contributed by atoms with van der Waals surface area (Å²) in [5.74, 6) is -1.78. The first-order valence-electron chi connectivity index (χ1n) is 3.98. The van der Waals surface area contributed by atoms with Crippen LogP contribution >= 0.6 is 15.9 Å². The van der Waals surface area contributed by atoms with E-state index in [1.165, 1.54) is 12.1 Å². The molecule has 6 heteroatoms. The number of carbonyl (C=O) groups excluding carboxylic acids is 1. The highest BCUT2D eigenvalue weighted by Gasteiger charge is 2.35. The third-order valence-corrected chi connectivity index (χ3v) is 2.02. The number of aromatic hydroxyl groups is 1. The van der Waals surface area contributed by atoms with Gasteiger partial charge in [-0.05, 0) is 24.6 Å². The molecule has 15 heavy (non-hydrogen) atoms. The van der Waals surface area contributed by atoms with Crippen LogP contribution in [-0.4, -0.2) is 15.8 Å². The summed E-state index contributed by atoms with van der Waals surface area (Å²) in [6, 6.07) is 4.30. The monoisotopic (exact) mass is 279 g/mol. The van der Waals surface area contributed by atoms with Crippen LogP contribution in [0, 0.1) is 6.92 Å². The van der Waals surface area contributed by atoms with E-state index in [-0.39, 0.29) is 11.4 Å². The summed E-state index contributed by atoms with van der Waals surface area (Å²) >= 11 is 1.91. The summed E-state index contributed by atoms with van der Waals surface area (Å²) in [5.41, 5.74) is 0.709. The van der Waals surface area contributed by atoms with Crippen molar-refractivity contribution >= 4 is 27.5 Å². The Kier molecular flexibility index (Phi) is 3.28. The molecule has 0 aliphatic heterocycles. The molecule has 0 unspecified atom stereocenters. The van der Waals surface area contributed by atoms with Crippen LogP contribution in [0.5, 0.6) is 5.75 Å². The zero-order chi connectivity index (χ0) is 11.6. The lowest BCUT2D eigenvalue weighted by molar-refractivity contribution is -0.128. The molecule has 1 rings (SSSR count). The van der Waals surface area contributed by atoms with Crippen molar-refractivity contribution in [3.05, 3.63) is 23.8 Å². The predicted octanol–water partition coefficient (Wildman–Crippen LogP) is 2.63. The van der Waals surface area contributed by atoms with Gasteiger partial charge in [0.2, 0.25) is 0 Å². The first kappa shape index (κ1) is 11.9. The summed E-state index contributed by atoms with van der Waals surface area (Å²) < 4.78 is 24.9. The Hall–Kier alpha value is -1.17. The van der Waals surface area contributed by atoms with Crippen molar-refractivity contribution in [2.75, 3.05) is 5.32 Å². The summed E-state index contributed by atoms with van der Waals surface area (Å²) in [6.45, 7) is 1.73. The average molecular weight is 280 g/mol. The van der Waals surface area contributed by atoms with Gasteiger partial charge in [-0.1, -0.05) is 6.07 Å². The maximum absolute atomic E-state index is 12.4. The fourth-order valence-electron chi connectivity index (χ4n) is 0.941. The molecule has 0 fully saturated rings. The molecular weight excluding hydrogens is 272 g/mol. The maximum atomic E-state index is 12.4. The number of halogens is 3. The van der Waals surface area contributed by atoms with Crippen molar-refractivity contribution in [1.82, 2.24) is 0 Å². The molecule has 2 N–H and O–H groups in total. The second-order valence-corrected chi connectivity index (χ2v) is 3.97. The van der Waals surface area contributed by atoms with Gasteiger partial charge in [0.1, 0.15) is 5.75 Å². The van der Waals surface area contributed by atoms with E-state index < -0.39 is 10.7 Å². The molecule has 0 saturated heterocycles. The molecular formula is C9H8BrF2NO2. The lowest BCUT2D eigenvalue weighted by atomic mass is 10.2. The molecule has 0 aliphatic carbocycles. The molecule has 0 spiro atoms. The smallest absolute Gasteiger partial charge is 0.378 e. The number of benzene rings is 1. The third kappa shape index (κ3) is 3.16. The van der Waals surface area contributed by atoms with Gasteiger partial charge in [-0.3, -0.25) is 4.79 Å². The molecule has 0 saturated carbocycles. The first-order chi connectivity index (χ1) is 6.80. The van der Waals surface area contributed by atoms with E-state index >= 15 is 0 Å². The van der Waals surface area contributed by atoms with Gasteiger partial charge in [0, 0.05) is 15.9 Å². The van der Waals surface area contributed by atoms with Gasteiger partial charge in [-0.15, -0.1) is 0 Å². The Morgan fingerprint density at radius 2 is 2.13 bits per heavy atom. The van der Waals surface area contributed by atoms with Crippen molar-refractivity contribution in [2.45, 2.75) is 11.8 Å². The number of nitrogens with one attached hydrogen (secondary N) is 1. The van der Waals surface area contributed by atoms with Crippen LogP contribution in [0.2, 0.25) is 0 Å². The zero-order valence-corrected chi connectivity index (χ0v) is 9.31. The van der Waals surface area contributed by atoms with Crippen molar-refractivity contribution in [2.24, 2.45) is 0 Å². The second kappa shape index (κ2) is 4.14. The minimum absolute atomic E-state index is 0.0512. The Labute approximate surface area is 93.2 Å². The van der Waals surface area contributed by atoms with Gasteiger partial charge < -0.3 is 10.4 Å². The summed E-state index contributed by atoms with van der Waals surface area (Å²) in [4.78, 5) is 7.20. The van der Waals surface area contributed by atoms with Crippen molar-refractivity contribution < 1.29 is 18.7 Å². The van der Waals surface area contributed by atoms with Gasteiger partial charge in [-0.2, -0.15) is 8.78 Å². The van der Waals surface area contributed by atoms with Gasteiger partial charge >= 0.3 is 10.7 Å². The number of phenolic OH excluding ortho intramolecular Hbond substituents is 1. The number of alkyl halides is 3. The first-order valence-corrected chi connectivity index (χ1v) is 4.78. The van der Waals surface area contributed by atoms with Gasteiger partial charge in [-0.25, -0.2) is 0 Å². The predicted molar refractivity (Wildman–Crippen MR) is 55.3 cm³/mol. The Morgan fingerprint density at radius 3 is 2.60 bits per heavy atom. The van der Waals surface area contributed by atoms with Crippen molar-refractivity contribution in [3.63, 3.8) is 0 Å². The van der Waals surface area contributed by atoms with E-state index in [1.807, 2.05) is 21.2 Å². The van der Waals surface area contributed by atoms with Crippen LogP contribution in [-0.2, 0) is 4.79 Å². The minimum atomic E-state index is -3.65. The summed E-state index contributed by atoms with van der Waals surface area (Å²) in [7, 11) is 0. The Balaban J connectivity index is 2.87. The van der Waals surface area contributed by atoms with Crippen LogP contribution in [0.3, 0.4) is 0 Å². The zero-order valence-electron chi connectivity index (χ0n) is 7.72. The summed E-state index contributed by atoms with van der Waals surface area (Å²) in [6.07, 6.45) is 0. The molecule has 1 aromatic rings. The number of carbonyl (C=O) groups is 1. The van der Waals surface area contributed by atoms with Crippen molar-refractivity contribution in [3.8, 4) is 5.75 Å². The number of anilines is 1. The number of phenols is 1. The van der Waals surface area contributed by atoms with Gasteiger partial charge in [0.25, 0.3) is 0 Å². The number of hydrogen-bond acceptors (Lipinski definition) is 2. The molecule has 0 bridgehead atoms. The molecule has 0 heterocycles. The lowest BCUT2D eigenvalue weighted by Gasteiger charge is -2.10. The molecule has 82 valence electrons. The normalized spacial score (nSPS) is 11.2. The fourth-order valence-corrected chi connectivity index (χ4v) is 1.04. The molecule has 1 amide bonds. The van der Waals surface area contributed by atoms with Crippen molar-refractivity contribution in [1.29, 1.82) is 0 Å². The number of rotatable bonds is 2. The third-order valence-electron chi connectivity index (χ3n) is 1.66. The average Bonchev–Trinajstić information content (AvgIpc) is 2.08. The topological polar surface area (TPSA) is 49.3 Å². The standard InChI is InChI=1S/C9H8BrF2NO2/c1-5-2-3-6(7(14)4-5)13-8(15)9(10,11)12/h2-4,14H,1H3,(H,13,15). The van der Waals surface area contributed by atoms with Gasteiger partial charge in [0.05, 0.1) is 5.69 Å². The van der Waals surface area contributed by atoms with Crippen LogP contribution < -0.4 is 5.32 Å². The molecule has 0 aromatic heterocycles. The van der Waals surface area contributed by atoms with Gasteiger partial charge in [0.15, 0.2) is 0 Å². The molecule has 0 aliphatic rings. The van der Waals surface area contributed by atoms with Crippen LogP contribution in [0.1, 0.15) is 5.56 Å². The number of hydrogen-bond donors (Lipinski definition) is 2. The van der Waals surface area contributed by atoms with E-state index in [4.69, 9.17) is 0 Å². The highest BCUT2D eigenvalue weighted by molar-refractivity contribution is 9.10. The fraction of sp³-hybridized carbons (Fsp3) is 0.222. The van der Waals surface area contributed by atoms with E-state index in [2.05, 4.69) is 0 Å². The molecule has 0 atom stereocenters. The molecule has 0 radical (unpaired) electrons. The maximum Gasteiger partial charge on any atom is 0.378 e. The molecule has 1 aromatic carbocycles. The highest BCUT2D eigenvalue weighted by atomic mass is 79.9. The quantitative estimate of drug-likeness (QED) is 0.646. The van der Waals surface area contributed by atoms with Crippen LogP contribution in [0.25, 0.3) is 0 Å². The van der Waals surface area contributed by atoms with E-state index in [0.29, 0.717) is 0 Å². The number of amides is 1. The Bertz CT molecular complexity index is 390. The largest absolute Gasteiger partial charge is 0.506 e. The lowest BCUT2D eigenvalue weighted by Crippen LogP contribution is -2.28. The summed E-state index contributed by atoms with van der Waals surface area (Å²) in [5, 5.41) is 11.2. The SMILES string of the molecule is Cc1ccc(NC(=O)C(F)(F)Br)c(O)c1. The molecule has 3 nitrogen and oxygen atoms in total. The minimum Gasteiger partial charge on any atom is -0.506 e. The number of aryl methyl sites for hydroxylation is 1. The second-order valence-electron chi connectivity index (χ2n) is 2.97. The Morgan fingerprint density at radius 1 is 1.53 bits per heavy atom. The van der Waals surface area contributed by atoms with Crippen LogP contribution in [0.4, 0.5) is 14.5 Å². The van der Waals surface area contributed by atoms with E-state index in [1.54, 1.807) is 13.0 Å². The van der Waals surface area contributed by atoms with Crippen LogP contribution in [0.15, 0.2) is 18.2 Å². The van der Waals surface area contributed by atoms with E-state index in [9.17, 15) is 18.7 Å².